The van der Waals surface area contributed by atoms with Gasteiger partial charge in [-0.3, -0.25) is 4.79 Å². The molecule has 1 aliphatic rings. The molecule has 0 bridgehead atoms. The van der Waals surface area contributed by atoms with E-state index in [2.05, 4.69) is 0 Å². The van der Waals surface area contributed by atoms with Gasteiger partial charge in [-0.1, -0.05) is 24.0 Å². The summed E-state index contributed by atoms with van der Waals surface area (Å²) in [5.41, 5.74) is 0.316. The van der Waals surface area contributed by atoms with E-state index in [0.717, 1.165) is 0 Å². The smallest absolute Gasteiger partial charge is 0.339 e. The highest BCUT2D eigenvalue weighted by Gasteiger charge is 2.23. The number of thioether (sulfide) groups is 1. The Hall–Kier alpha value is -2.38. The Labute approximate surface area is 140 Å². The summed E-state index contributed by atoms with van der Waals surface area (Å²) in [5, 5.41) is 18.6. The topological polar surface area (TPSA) is 87.7 Å². The fourth-order valence-electron chi connectivity index (χ4n) is 2.12. The lowest BCUT2D eigenvalue weighted by Crippen LogP contribution is -1.96. The Bertz CT molecular complexity index is 863. The van der Waals surface area contributed by atoms with E-state index >= 15 is 0 Å². The van der Waals surface area contributed by atoms with Gasteiger partial charge in [-0.15, -0.1) is 0 Å². The molecule has 1 aromatic heterocycles. The van der Waals surface area contributed by atoms with Crippen molar-refractivity contribution >= 4 is 46.0 Å². The number of phenols is 1. The molecule has 0 atom stereocenters. The molecule has 2 N–H and O–H groups in total. The van der Waals surface area contributed by atoms with Crippen molar-refractivity contribution in [2.24, 2.45) is 0 Å². The number of aromatic hydroxyl groups is 1. The Morgan fingerprint density at radius 2 is 2.09 bits per heavy atom. The number of carboxylic acid groups (broad SMARTS) is 1. The number of hydrogen-bond acceptors (Lipinski definition) is 6. The molecule has 1 aromatic carbocycles. The van der Waals surface area contributed by atoms with Crippen molar-refractivity contribution in [2.45, 2.75) is 6.42 Å². The number of allylic oxidation sites excluding steroid dienone is 1. The van der Waals surface area contributed by atoms with Crippen molar-refractivity contribution in [3.8, 4) is 17.1 Å². The number of aromatic carboxylic acids is 1. The second kappa shape index (κ2) is 6.02. The average Bonchev–Trinajstić information content (AvgIpc) is 3.06. The first kappa shape index (κ1) is 15.5. The van der Waals surface area contributed by atoms with Gasteiger partial charge in [0.25, 0.3) is 0 Å². The fraction of sp³-hybridized carbons (Fsp3) is 0.0625. The molecule has 3 rings (SSSR count). The van der Waals surface area contributed by atoms with Gasteiger partial charge in [0.05, 0.1) is 15.5 Å². The van der Waals surface area contributed by atoms with Crippen molar-refractivity contribution in [1.82, 2.24) is 0 Å². The monoisotopic (exact) mass is 346 g/mol. The number of Topliss-reactive ketones (excluding diaryl/α,β-unsaturated/α-hetero) is 1. The lowest BCUT2D eigenvalue weighted by atomic mass is 10.1. The highest BCUT2D eigenvalue weighted by molar-refractivity contribution is 8.27. The maximum Gasteiger partial charge on any atom is 0.339 e. The summed E-state index contributed by atoms with van der Waals surface area (Å²) in [6.07, 6.45) is 1.88. The average molecular weight is 346 g/mol. The largest absolute Gasteiger partial charge is 0.507 e. The van der Waals surface area contributed by atoms with Crippen LogP contribution in [0.25, 0.3) is 17.4 Å². The summed E-state index contributed by atoms with van der Waals surface area (Å²) in [5.74, 6) is -0.644. The van der Waals surface area contributed by atoms with Crippen LogP contribution in [0.2, 0.25) is 0 Å². The number of carbonyl (C=O) groups excluding carboxylic acids is 1. The van der Waals surface area contributed by atoms with E-state index in [1.807, 2.05) is 0 Å². The molecule has 5 nitrogen and oxygen atoms in total. The van der Waals surface area contributed by atoms with Gasteiger partial charge in [0.15, 0.2) is 5.78 Å². The second-order valence-corrected chi connectivity index (χ2v) is 6.71. The molecule has 1 fully saturated rings. The van der Waals surface area contributed by atoms with E-state index in [0.29, 0.717) is 26.2 Å². The molecule has 1 saturated heterocycles. The van der Waals surface area contributed by atoms with Gasteiger partial charge in [0.2, 0.25) is 0 Å². The maximum atomic E-state index is 11.7. The summed E-state index contributed by atoms with van der Waals surface area (Å²) in [7, 11) is 0. The zero-order valence-electron chi connectivity index (χ0n) is 11.6. The highest BCUT2D eigenvalue weighted by atomic mass is 32.2. The van der Waals surface area contributed by atoms with Gasteiger partial charge in [-0.2, -0.15) is 0 Å². The highest BCUT2D eigenvalue weighted by Crippen LogP contribution is 2.33. The van der Waals surface area contributed by atoms with Crippen molar-refractivity contribution < 1.29 is 24.2 Å². The minimum atomic E-state index is -1.22. The number of ketones is 1. The van der Waals surface area contributed by atoms with Gasteiger partial charge in [0.1, 0.15) is 22.8 Å². The quantitative estimate of drug-likeness (QED) is 0.647. The van der Waals surface area contributed by atoms with Crippen LogP contribution in [-0.2, 0) is 4.79 Å². The predicted molar refractivity (Wildman–Crippen MR) is 90.6 cm³/mol. The van der Waals surface area contributed by atoms with Crippen LogP contribution >= 0.6 is 24.0 Å². The third-order valence-corrected chi connectivity index (χ3v) is 4.55. The van der Waals surface area contributed by atoms with Gasteiger partial charge in [-0.05, 0) is 36.4 Å². The molecule has 0 unspecified atom stereocenters. The number of carbonyl (C=O) groups is 2. The summed E-state index contributed by atoms with van der Waals surface area (Å²) in [6.45, 7) is 0. The number of furan rings is 1. The SMILES string of the molecule is O=C1CC(=S)S/C1=C\c1ccc(-c2ccc(O)c(C(=O)O)c2)o1. The summed E-state index contributed by atoms with van der Waals surface area (Å²) in [6, 6.07) is 7.55. The summed E-state index contributed by atoms with van der Waals surface area (Å²) >= 11 is 6.27. The number of thiocarbonyl (C=S) groups is 1. The number of hydrogen-bond donors (Lipinski definition) is 2. The van der Waals surface area contributed by atoms with Crippen LogP contribution in [0.4, 0.5) is 0 Å². The molecule has 23 heavy (non-hydrogen) atoms. The van der Waals surface area contributed by atoms with Crippen molar-refractivity contribution in [3.63, 3.8) is 0 Å². The minimum Gasteiger partial charge on any atom is -0.507 e. The third-order valence-electron chi connectivity index (χ3n) is 3.22. The van der Waals surface area contributed by atoms with Crippen LogP contribution < -0.4 is 0 Å². The molecule has 0 radical (unpaired) electrons. The van der Waals surface area contributed by atoms with Crippen molar-refractivity contribution in [1.29, 1.82) is 0 Å². The Balaban J connectivity index is 1.92. The molecular weight excluding hydrogens is 336 g/mol. The van der Waals surface area contributed by atoms with Crippen molar-refractivity contribution in [3.05, 3.63) is 46.6 Å². The second-order valence-electron chi connectivity index (χ2n) is 4.82. The van der Waals surface area contributed by atoms with Crippen LogP contribution in [0.15, 0.2) is 39.7 Å². The zero-order valence-corrected chi connectivity index (χ0v) is 13.2. The van der Waals surface area contributed by atoms with E-state index in [1.165, 1.54) is 23.9 Å². The molecule has 7 heteroatoms. The number of benzene rings is 1. The van der Waals surface area contributed by atoms with Gasteiger partial charge in [-0.25, -0.2) is 4.79 Å². The van der Waals surface area contributed by atoms with Crippen molar-refractivity contribution in [2.75, 3.05) is 0 Å². The van der Waals surface area contributed by atoms with E-state index in [9.17, 15) is 14.7 Å². The van der Waals surface area contributed by atoms with Gasteiger partial charge < -0.3 is 14.6 Å². The molecule has 0 aliphatic carbocycles. The van der Waals surface area contributed by atoms with E-state index in [4.69, 9.17) is 21.7 Å². The first-order valence-corrected chi connectivity index (χ1v) is 7.78. The van der Waals surface area contributed by atoms with Crippen LogP contribution in [0.3, 0.4) is 0 Å². The predicted octanol–water partition coefficient (Wildman–Crippen LogP) is 3.72. The molecule has 0 amide bonds. The van der Waals surface area contributed by atoms with E-state index in [1.54, 1.807) is 24.3 Å². The Morgan fingerprint density at radius 1 is 1.30 bits per heavy atom. The lowest BCUT2D eigenvalue weighted by molar-refractivity contribution is -0.113. The fourth-order valence-corrected chi connectivity index (χ4v) is 3.33. The summed E-state index contributed by atoms with van der Waals surface area (Å²) in [4.78, 5) is 23.3. The standard InChI is InChI=1S/C16H10O5S2/c17-11-3-1-8(5-10(11)16(19)20)13-4-2-9(21-13)6-14-12(18)7-15(22)23-14/h1-6,17H,7H2,(H,19,20)/b14-6-. The van der Waals surface area contributed by atoms with E-state index < -0.39 is 5.97 Å². The van der Waals surface area contributed by atoms with Crippen LogP contribution in [0.5, 0.6) is 5.75 Å². The third kappa shape index (κ3) is 3.20. The Kier molecular flexibility index (Phi) is 4.06. The molecule has 1 aliphatic heterocycles. The van der Waals surface area contributed by atoms with Gasteiger partial charge in [0, 0.05) is 5.56 Å². The first-order chi connectivity index (χ1) is 10.9. The zero-order chi connectivity index (χ0) is 16.6. The minimum absolute atomic E-state index is 0.0317. The normalized spacial score (nSPS) is 16.3. The lowest BCUT2D eigenvalue weighted by Gasteiger charge is -2.02. The van der Waals surface area contributed by atoms with Gasteiger partial charge >= 0.3 is 5.97 Å². The van der Waals surface area contributed by atoms with Crippen LogP contribution in [0.1, 0.15) is 22.5 Å². The van der Waals surface area contributed by atoms with Crippen LogP contribution in [-0.4, -0.2) is 26.2 Å². The first-order valence-electron chi connectivity index (χ1n) is 6.56. The molecular formula is C16H10O5S2. The number of carboxylic acids is 1. The molecule has 2 heterocycles. The summed E-state index contributed by atoms with van der Waals surface area (Å²) < 4.78 is 6.27. The molecule has 0 spiro atoms. The molecule has 0 saturated carbocycles. The van der Waals surface area contributed by atoms with Crippen LogP contribution in [0, 0.1) is 0 Å². The van der Waals surface area contributed by atoms with E-state index in [-0.39, 0.29) is 23.5 Å². The maximum absolute atomic E-state index is 11.7. The number of rotatable bonds is 3. The molecule has 2 aromatic rings. The Morgan fingerprint density at radius 3 is 2.74 bits per heavy atom. The molecule has 116 valence electrons.